The molecule has 0 amide bonds. The van der Waals surface area contributed by atoms with Crippen LogP contribution >= 0.6 is 0 Å². The second-order valence-electron chi connectivity index (χ2n) is 39.0. The summed E-state index contributed by atoms with van der Waals surface area (Å²) in [5.74, 6) is 0. The van der Waals surface area contributed by atoms with Crippen molar-refractivity contribution in [1.29, 1.82) is 0 Å². The summed E-state index contributed by atoms with van der Waals surface area (Å²) in [5.41, 5.74) is 36.5. The van der Waals surface area contributed by atoms with Crippen molar-refractivity contribution < 1.29 is 0 Å². The number of fused-ring (bicyclic) bond motifs is 21. The van der Waals surface area contributed by atoms with Gasteiger partial charge in [0, 0.05) is 89.5 Å². The summed E-state index contributed by atoms with van der Waals surface area (Å²) in [5, 5.41) is 20.1. The Hall–Kier alpha value is -18.9. The van der Waals surface area contributed by atoms with E-state index >= 15 is 0 Å². The molecule has 2 heterocycles. The molecular formula is C141H97N5. The van der Waals surface area contributed by atoms with Gasteiger partial charge in [-0.15, -0.1) is 0 Å². The van der Waals surface area contributed by atoms with Gasteiger partial charge < -0.3 is 23.8 Å². The van der Waals surface area contributed by atoms with Crippen LogP contribution in [0.1, 0.15) is 25.0 Å². The number of para-hydroxylation sites is 4. The predicted octanol–water partition coefficient (Wildman–Crippen LogP) is 39.2. The largest absolute Gasteiger partial charge is 0.311 e. The summed E-state index contributed by atoms with van der Waals surface area (Å²) in [6.07, 6.45) is 0. The van der Waals surface area contributed by atoms with Gasteiger partial charge in [0.2, 0.25) is 0 Å². The van der Waals surface area contributed by atoms with E-state index in [4.69, 9.17) is 0 Å². The van der Waals surface area contributed by atoms with Crippen LogP contribution < -0.4 is 14.7 Å². The first-order valence-corrected chi connectivity index (χ1v) is 50.5. The van der Waals surface area contributed by atoms with Crippen LogP contribution in [0.15, 0.2) is 552 Å². The Kier molecular flexibility index (Phi) is 21.2. The highest BCUT2D eigenvalue weighted by atomic mass is 15.2. The Bertz CT molecular complexity index is 9550. The third-order valence-electron chi connectivity index (χ3n) is 30.3. The zero-order valence-corrected chi connectivity index (χ0v) is 80.8. The first-order chi connectivity index (χ1) is 72.2. The number of hydrogen-bond acceptors (Lipinski definition) is 3. The van der Waals surface area contributed by atoms with E-state index in [1.54, 1.807) is 0 Å². The van der Waals surface area contributed by atoms with Gasteiger partial charge in [-0.25, -0.2) is 0 Å². The maximum Gasteiger partial charge on any atom is 0.0542 e. The highest BCUT2D eigenvalue weighted by Crippen LogP contribution is 2.53. The summed E-state index contributed by atoms with van der Waals surface area (Å²) in [7, 11) is 0. The van der Waals surface area contributed by atoms with Gasteiger partial charge >= 0.3 is 0 Å². The monoisotopic (exact) mass is 1860 g/mol. The quantitative estimate of drug-likeness (QED) is 0.0847. The molecule has 0 saturated heterocycles. The smallest absolute Gasteiger partial charge is 0.0542 e. The van der Waals surface area contributed by atoms with Crippen molar-refractivity contribution in [3.8, 4) is 89.3 Å². The van der Waals surface area contributed by atoms with Crippen molar-refractivity contribution >= 4 is 159 Å². The lowest BCUT2D eigenvalue weighted by Gasteiger charge is -2.26. The molecule has 1 aliphatic carbocycles. The van der Waals surface area contributed by atoms with Gasteiger partial charge in [0.15, 0.2) is 0 Å². The fourth-order valence-electron chi connectivity index (χ4n) is 23.2. The summed E-state index contributed by atoms with van der Waals surface area (Å²) >= 11 is 0. The van der Waals surface area contributed by atoms with Crippen molar-refractivity contribution in [3.63, 3.8) is 0 Å². The first kappa shape index (κ1) is 86.2. The second kappa shape index (κ2) is 36.0. The number of anilines is 9. The topological polar surface area (TPSA) is 19.6 Å². The van der Waals surface area contributed by atoms with Gasteiger partial charge in [0.25, 0.3) is 0 Å². The van der Waals surface area contributed by atoms with E-state index in [0.29, 0.717) is 0 Å². The van der Waals surface area contributed by atoms with Gasteiger partial charge in [-0.1, -0.05) is 384 Å². The molecule has 686 valence electrons. The van der Waals surface area contributed by atoms with Crippen molar-refractivity contribution in [2.24, 2.45) is 0 Å². The average molecular weight is 1860 g/mol. The molecule has 0 spiro atoms. The minimum absolute atomic E-state index is 0.0721. The molecule has 0 atom stereocenters. The number of aromatic nitrogens is 2. The number of nitrogens with zero attached hydrogens (tertiary/aromatic N) is 5. The second-order valence-corrected chi connectivity index (χ2v) is 39.0. The number of rotatable bonds is 17. The summed E-state index contributed by atoms with van der Waals surface area (Å²) < 4.78 is 4.95. The van der Waals surface area contributed by atoms with E-state index in [2.05, 4.69) is 590 Å². The average Bonchev–Trinajstić information content (AvgIpc) is 1.23. The summed E-state index contributed by atoms with van der Waals surface area (Å²) in [6, 6.07) is 202. The van der Waals surface area contributed by atoms with E-state index in [9.17, 15) is 0 Å². The van der Waals surface area contributed by atoms with Gasteiger partial charge in [0.05, 0.1) is 22.1 Å². The highest BCUT2D eigenvalue weighted by molar-refractivity contribution is 6.28. The van der Waals surface area contributed by atoms with Crippen molar-refractivity contribution in [1.82, 2.24) is 9.13 Å². The van der Waals surface area contributed by atoms with Gasteiger partial charge in [0.1, 0.15) is 0 Å². The van der Waals surface area contributed by atoms with Crippen LogP contribution in [0.3, 0.4) is 0 Å². The Balaban J connectivity index is 0.000000148. The minimum Gasteiger partial charge on any atom is -0.311 e. The number of benzene rings is 25. The van der Waals surface area contributed by atoms with Gasteiger partial charge in [-0.05, 0) is 336 Å². The molecule has 5 nitrogen and oxygen atoms in total. The minimum atomic E-state index is -0.0721. The molecule has 0 aliphatic heterocycles. The lowest BCUT2D eigenvalue weighted by Crippen LogP contribution is -2.14. The molecule has 0 radical (unpaired) electrons. The zero-order valence-electron chi connectivity index (χ0n) is 80.8. The standard InChI is InChI=1S/C78H53N3.C63H44N2/c1-5-17-54(18-6-1)56-29-31-57(32-30-56)59-35-42-66(43-36-59)80(65-40-33-58(34-41-65)55-19-7-2-8-20-55)67-47-50-78-76(53-67)75-51-61(60-37-44-64(45-38-60)79(62-21-9-3-10-22-62)63-23-11-4-12-24-63)39-49-77(75)81(78)68-46-48-73-71-27-14-13-25-69(71)70-26-15-16-28-72(70)74(73)52-68;1-63(2)59-24-14-13-23-54(59)55-33-27-44(39-60(55)63)43-29-36-62-58(38-43)57-37-42(41-25-30-47(31-26-41)64(45-15-5-3-6-16-45)46-17-7-4-8-18-46)28-35-61(57)65(62)48-32-34-53-51-21-10-9-19-49(51)50-20-11-12-22-52(50)56(53)40-48/h1-53H;3-40H,1-2H3. The normalized spacial score (nSPS) is 12.1. The van der Waals surface area contributed by atoms with Crippen molar-refractivity contribution in [2.45, 2.75) is 19.3 Å². The van der Waals surface area contributed by atoms with Crippen LogP contribution in [0.5, 0.6) is 0 Å². The van der Waals surface area contributed by atoms with Crippen LogP contribution in [-0.4, -0.2) is 9.13 Å². The fraction of sp³-hybridized carbons (Fsp3) is 0.0213. The van der Waals surface area contributed by atoms with Crippen LogP contribution in [0.2, 0.25) is 0 Å². The van der Waals surface area contributed by atoms with Crippen LogP contribution in [0.25, 0.3) is 198 Å². The van der Waals surface area contributed by atoms with Gasteiger partial charge in [-0.2, -0.15) is 0 Å². The molecule has 2 aromatic heterocycles. The van der Waals surface area contributed by atoms with Crippen LogP contribution in [0.4, 0.5) is 51.2 Å². The molecule has 27 aromatic rings. The summed E-state index contributed by atoms with van der Waals surface area (Å²) in [4.78, 5) is 7.03. The van der Waals surface area contributed by atoms with Gasteiger partial charge in [-0.3, -0.25) is 0 Å². The molecule has 5 heteroatoms. The van der Waals surface area contributed by atoms with Crippen molar-refractivity contribution in [2.75, 3.05) is 14.7 Å². The van der Waals surface area contributed by atoms with E-state index < -0.39 is 0 Å². The number of hydrogen-bond donors (Lipinski definition) is 0. The van der Waals surface area contributed by atoms with Crippen molar-refractivity contribution in [3.05, 3.63) is 563 Å². The van der Waals surface area contributed by atoms with Crippen LogP contribution in [0, 0.1) is 0 Å². The van der Waals surface area contributed by atoms with E-state index in [0.717, 1.165) is 84.7 Å². The van der Waals surface area contributed by atoms with E-state index in [-0.39, 0.29) is 5.41 Å². The Morgan fingerprint density at radius 3 is 0.705 bits per heavy atom. The Labute approximate surface area is 848 Å². The fourth-order valence-corrected chi connectivity index (χ4v) is 23.2. The van der Waals surface area contributed by atoms with E-state index in [1.807, 2.05) is 0 Å². The molecule has 28 rings (SSSR count). The first-order valence-electron chi connectivity index (χ1n) is 50.5. The maximum absolute atomic E-state index is 2.48. The lowest BCUT2D eigenvalue weighted by atomic mass is 9.81. The molecule has 1 aliphatic rings. The van der Waals surface area contributed by atoms with Crippen LogP contribution in [-0.2, 0) is 5.41 Å². The zero-order chi connectivity index (χ0) is 96.9. The Morgan fingerprint density at radius 2 is 0.356 bits per heavy atom. The SMILES string of the molecule is CC1(C)c2ccccc2-c2ccc(-c3ccc4c(c3)c3cc(-c5ccc(N(c6ccccc6)c6ccccc6)cc5)ccc3n4-c3ccc4c5ccccc5c5ccccc5c4c3)cc21.c1ccc(-c2ccc(-c3ccc(N(c4ccc(-c5ccccc5)cc4)c4ccc5c(c4)c4cc(-c6ccc(N(c7ccccc7)c7ccccc7)cc6)ccc4n5-c4ccc5c6ccccc6c6ccccc6c5c4)cc3)cc2)cc1. The lowest BCUT2D eigenvalue weighted by molar-refractivity contribution is 0.660. The molecule has 0 saturated carbocycles. The molecule has 0 N–H and O–H groups in total. The molecule has 0 bridgehead atoms. The molecule has 146 heavy (non-hydrogen) atoms. The third kappa shape index (κ3) is 15.1. The maximum atomic E-state index is 2.48. The highest BCUT2D eigenvalue weighted by Gasteiger charge is 2.36. The molecular weight excluding hydrogens is 1760 g/mol. The Morgan fingerprint density at radius 1 is 0.137 bits per heavy atom. The molecule has 0 fully saturated rings. The molecule has 25 aromatic carbocycles. The predicted molar refractivity (Wildman–Crippen MR) is 621 cm³/mol. The summed E-state index contributed by atoms with van der Waals surface area (Å²) in [6.45, 7) is 4.73. The van der Waals surface area contributed by atoms with E-state index in [1.165, 1.54) is 175 Å². The third-order valence-corrected chi connectivity index (χ3v) is 30.3. The molecule has 0 unspecified atom stereocenters.